The van der Waals surface area contributed by atoms with E-state index in [0.717, 1.165) is 28.1 Å². The molecule has 4 aromatic rings. The Morgan fingerprint density at radius 1 is 1.05 bits per heavy atom. The van der Waals surface area contributed by atoms with Gasteiger partial charge in [0.15, 0.2) is 11.6 Å². The van der Waals surface area contributed by atoms with Crippen LogP contribution in [-0.4, -0.2) is 25.7 Å². The summed E-state index contributed by atoms with van der Waals surface area (Å²) in [7, 11) is -3.38. The van der Waals surface area contributed by atoms with Gasteiger partial charge < -0.3 is 4.74 Å². The summed E-state index contributed by atoms with van der Waals surface area (Å²) in [6.07, 6.45) is 3.57. The van der Waals surface area contributed by atoms with Crippen LogP contribution < -0.4 is 9.46 Å². The number of hydrogen-bond acceptors (Lipinski definition) is 5. The molecule has 0 unspecified atom stereocenters. The van der Waals surface area contributed by atoms with E-state index >= 15 is 4.39 Å². The van der Waals surface area contributed by atoms with Gasteiger partial charge in [-0.1, -0.05) is 48.5 Å². The molecular formula is C30H29ClF2N2O3S2. The summed E-state index contributed by atoms with van der Waals surface area (Å²) in [6, 6.07) is 18.5. The van der Waals surface area contributed by atoms with Crippen molar-refractivity contribution in [2.75, 3.05) is 6.26 Å². The van der Waals surface area contributed by atoms with Crippen LogP contribution in [0.25, 0.3) is 11.1 Å². The Balaban J connectivity index is 1.48. The standard InChI is InChI=1S/C30H29ClF2N2O3S2/c1-40(36,37)35-22-12-13-30(16-22,29-34-23(17-31)19-39-29)15-21-10-11-26(32)25(14-21)24-8-5-9-27(33)28(24)38-18-20-6-3-2-4-7-20/h2-11,14,19,22,35H,12-13,15-18H2,1H3/t22-,30+/m0/s1. The summed E-state index contributed by atoms with van der Waals surface area (Å²) in [6.45, 7) is 0.140. The number of nitrogens with one attached hydrogen (secondary N) is 1. The zero-order valence-corrected chi connectivity index (χ0v) is 24.3. The molecule has 0 amide bonds. The minimum atomic E-state index is -3.38. The maximum atomic E-state index is 15.3. The highest BCUT2D eigenvalue weighted by atomic mass is 35.5. The fourth-order valence-corrected chi connectivity index (χ4v) is 7.55. The SMILES string of the molecule is CS(=O)(=O)N[C@H]1CC[C@](Cc2ccc(F)c(-c3cccc(F)c3OCc3ccccc3)c2)(c2nc(CCl)cs2)C1. The second-order valence-electron chi connectivity index (χ2n) is 10.3. The number of aromatic nitrogens is 1. The van der Waals surface area contributed by atoms with E-state index in [1.165, 1.54) is 29.5 Å². The van der Waals surface area contributed by atoms with Crippen molar-refractivity contribution >= 4 is 33.0 Å². The van der Waals surface area contributed by atoms with Gasteiger partial charge in [0.2, 0.25) is 10.0 Å². The molecule has 5 rings (SSSR count). The van der Waals surface area contributed by atoms with E-state index < -0.39 is 27.1 Å². The number of alkyl halides is 1. The monoisotopic (exact) mass is 602 g/mol. The molecule has 3 aromatic carbocycles. The van der Waals surface area contributed by atoms with Crippen molar-refractivity contribution in [3.05, 3.63) is 106 Å². The van der Waals surface area contributed by atoms with Gasteiger partial charge >= 0.3 is 0 Å². The molecule has 1 aromatic heterocycles. The van der Waals surface area contributed by atoms with Crippen molar-refractivity contribution in [1.29, 1.82) is 0 Å². The van der Waals surface area contributed by atoms with Gasteiger partial charge in [-0.05, 0) is 55.0 Å². The molecule has 1 heterocycles. The van der Waals surface area contributed by atoms with Gasteiger partial charge in [-0.3, -0.25) is 0 Å². The number of nitrogens with zero attached hydrogens (tertiary/aromatic N) is 1. The van der Waals surface area contributed by atoms with Crippen molar-refractivity contribution in [3.8, 4) is 16.9 Å². The van der Waals surface area contributed by atoms with Gasteiger partial charge in [-0.2, -0.15) is 0 Å². The summed E-state index contributed by atoms with van der Waals surface area (Å²) in [5.74, 6) is -0.794. The van der Waals surface area contributed by atoms with Crippen LogP contribution in [0.1, 0.15) is 41.1 Å². The third-order valence-electron chi connectivity index (χ3n) is 7.19. The van der Waals surface area contributed by atoms with Crippen molar-refractivity contribution in [2.45, 2.75) is 49.6 Å². The maximum absolute atomic E-state index is 15.3. The Bertz CT molecular complexity index is 1600. The van der Waals surface area contributed by atoms with Gasteiger partial charge in [0.05, 0.1) is 22.8 Å². The van der Waals surface area contributed by atoms with Crippen LogP contribution >= 0.6 is 22.9 Å². The van der Waals surface area contributed by atoms with E-state index in [9.17, 15) is 12.8 Å². The second-order valence-corrected chi connectivity index (χ2v) is 13.2. The molecule has 1 aliphatic carbocycles. The average Bonchev–Trinajstić information content (AvgIpc) is 3.57. The molecule has 0 bridgehead atoms. The Labute approximate surface area is 242 Å². The molecule has 0 saturated heterocycles. The van der Waals surface area contributed by atoms with E-state index in [2.05, 4.69) is 4.72 Å². The summed E-state index contributed by atoms with van der Waals surface area (Å²) in [5.41, 5.74) is 2.57. The summed E-state index contributed by atoms with van der Waals surface area (Å²) < 4.78 is 62.8. The van der Waals surface area contributed by atoms with Crippen LogP contribution in [0, 0.1) is 11.6 Å². The van der Waals surface area contributed by atoms with Crippen LogP contribution in [0.15, 0.2) is 72.1 Å². The summed E-state index contributed by atoms with van der Waals surface area (Å²) in [5, 5.41) is 2.80. The fraction of sp³-hybridized carbons (Fsp3) is 0.300. The lowest BCUT2D eigenvalue weighted by molar-refractivity contribution is 0.291. The van der Waals surface area contributed by atoms with Gasteiger partial charge in [0, 0.05) is 28.0 Å². The lowest BCUT2D eigenvalue weighted by Gasteiger charge is -2.28. The zero-order valence-electron chi connectivity index (χ0n) is 21.9. The average molecular weight is 603 g/mol. The number of rotatable bonds is 10. The molecule has 40 heavy (non-hydrogen) atoms. The largest absolute Gasteiger partial charge is 0.485 e. The highest BCUT2D eigenvalue weighted by Crippen LogP contribution is 2.46. The normalized spacial score (nSPS) is 19.1. The topological polar surface area (TPSA) is 68.3 Å². The second kappa shape index (κ2) is 11.9. The Morgan fingerprint density at radius 2 is 1.85 bits per heavy atom. The van der Waals surface area contributed by atoms with E-state index in [-0.39, 0.29) is 29.8 Å². The molecule has 0 aliphatic heterocycles. The molecular weight excluding hydrogens is 574 g/mol. The first-order chi connectivity index (χ1) is 19.2. The lowest BCUT2D eigenvalue weighted by atomic mass is 9.79. The van der Waals surface area contributed by atoms with E-state index in [0.29, 0.717) is 31.2 Å². The smallest absolute Gasteiger partial charge is 0.208 e. The van der Waals surface area contributed by atoms with Crippen molar-refractivity contribution < 1.29 is 21.9 Å². The Morgan fingerprint density at radius 3 is 2.58 bits per heavy atom. The Kier molecular flexibility index (Phi) is 8.56. The van der Waals surface area contributed by atoms with Gasteiger partial charge in [0.1, 0.15) is 12.4 Å². The predicted molar refractivity (Wildman–Crippen MR) is 155 cm³/mol. The molecule has 210 valence electrons. The van der Waals surface area contributed by atoms with E-state index in [1.54, 1.807) is 18.2 Å². The van der Waals surface area contributed by atoms with Gasteiger partial charge in [-0.25, -0.2) is 26.9 Å². The zero-order chi connectivity index (χ0) is 28.3. The first-order valence-corrected chi connectivity index (χ1v) is 16.2. The highest BCUT2D eigenvalue weighted by molar-refractivity contribution is 7.88. The molecule has 1 saturated carbocycles. The Hall–Kier alpha value is -2.85. The molecule has 0 spiro atoms. The molecule has 1 fully saturated rings. The molecule has 2 atom stereocenters. The summed E-state index contributed by atoms with van der Waals surface area (Å²) >= 11 is 7.54. The summed E-state index contributed by atoms with van der Waals surface area (Å²) in [4.78, 5) is 4.75. The van der Waals surface area contributed by atoms with Gasteiger partial charge in [-0.15, -0.1) is 22.9 Å². The number of ether oxygens (including phenoxy) is 1. The van der Waals surface area contributed by atoms with Crippen molar-refractivity contribution in [1.82, 2.24) is 9.71 Å². The van der Waals surface area contributed by atoms with Gasteiger partial charge in [0.25, 0.3) is 0 Å². The lowest BCUT2D eigenvalue weighted by Crippen LogP contribution is -2.35. The third kappa shape index (κ3) is 6.54. The first kappa shape index (κ1) is 28.7. The quantitative estimate of drug-likeness (QED) is 0.199. The number of benzene rings is 3. The van der Waals surface area contributed by atoms with E-state index in [1.807, 2.05) is 35.7 Å². The van der Waals surface area contributed by atoms with Crippen LogP contribution in [0.4, 0.5) is 8.78 Å². The number of para-hydroxylation sites is 1. The van der Waals surface area contributed by atoms with E-state index in [4.69, 9.17) is 21.3 Å². The molecule has 0 radical (unpaired) electrons. The fourth-order valence-electron chi connectivity index (χ4n) is 5.45. The predicted octanol–water partition coefficient (Wildman–Crippen LogP) is 6.99. The molecule has 1 aliphatic rings. The van der Waals surface area contributed by atoms with Crippen LogP contribution in [-0.2, 0) is 34.3 Å². The molecule has 1 N–H and O–H groups in total. The minimum Gasteiger partial charge on any atom is -0.485 e. The highest BCUT2D eigenvalue weighted by Gasteiger charge is 2.43. The number of halogens is 3. The minimum absolute atomic E-state index is 0.0120. The number of sulfonamides is 1. The molecule has 5 nitrogen and oxygen atoms in total. The number of thiazole rings is 1. The third-order valence-corrected chi connectivity index (χ3v) is 9.36. The van der Waals surface area contributed by atoms with Crippen LogP contribution in [0.3, 0.4) is 0 Å². The van der Waals surface area contributed by atoms with Crippen LogP contribution in [0.5, 0.6) is 5.75 Å². The van der Waals surface area contributed by atoms with Crippen molar-refractivity contribution in [2.24, 2.45) is 0 Å². The first-order valence-electron chi connectivity index (χ1n) is 12.9. The van der Waals surface area contributed by atoms with Crippen LogP contribution in [0.2, 0.25) is 0 Å². The molecule has 10 heteroatoms. The maximum Gasteiger partial charge on any atom is 0.208 e. The number of hydrogen-bond donors (Lipinski definition) is 1. The van der Waals surface area contributed by atoms with Crippen molar-refractivity contribution in [3.63, 3.8) is 0 Å².